The van der Waals surface area contributed by atoms with Gasteiger partial charge >= 0.3 is 0 Å². The Labute approximate surface area is 72.8 Å². The summed E-state index contributed by atoms with van der Waals surface area (Å²) in [5, 5.41) is 8.56. The van der Waals surface area contributed by atoms with Crippen molar-refractivity contribution in [2.24, 2.45) is 5.73 Å². The topological polar surface area (TPSA) is 46.2 Å². The zero-order valence-corrected chi connectivity index (χ0v) is 6.60. The Morgan fingerprint density at radius 3 is 2.46 bits per heavy atom. The van der Waals surface area contributed by atoms with Gasteiger partial charge in [-0.2, -0.15) is 0 Å². The molecule has 1 unspecified atom stereocenters. The van der Waals surface area contributed by atoms with Crippen molar-refractivity contribution < 1.29 is 18.3 Å². The van der Waals surface area contributed by atoms with E-state index in [2.05, 4.69) is 0 Å². The third-order valence-electron chi connectivity index (χ3n) is 1.62. The minimum absolute atomic E-state index is 0.361. The van der Waals surface area contributed by atoms with E-state index in [0.717, 1.165) is 6.07 Å². The van der Waals surface area contributed by atoms with Crippen LogP contribution in [0.25, 0.3) is 0 Å². The van der Waals surface area contributed by atoms with Crippen LogP contribution in [0, 0.1) is 17.5 Å². The summed E-state index contributed by atoms with van der Waals surface area (Å²) >= 11 is 0. The van der Waals surface area contributed by atoms with E-state index in [0.29, 0.717) is 6.07 Å². The Balaban J connectivity index is 3.20. The molecule has 1 atom stereocenters. The molecule has 72 valence electrons. The lowest BCUT2D eigenvalue weighted by Gasteiger charge is -2.09. The van der Waals surface area contributed by atoms with Crippen LogP contribution < -0.4 is 5.73 Å². The molecule has 0 fully saturated rings. The number of halogens is 3. The van der Waals surface area contributed by atoms with Crippen molar-refractivity contribution in [1.82, 2.24) is 0 Å². The summed E-state index contributed by atoms with van der Waals surface area (Å²) in [7, 11) is 0. The number of benzene rings is 1. The van der Waals surface area contributed by atoms with E-state index < -0.39 is 30.1 Å². The zero-order chi connectivity index (χ0) is 10.0. The maximum absolute atomic E-state index is 12.9. The highest BCUT2D eigenvalue weighted by atomic mass is 19.2. The van der Waals surface area contributed by atoms with Crippen molar-refractivity contribution >= 4 is 0 Å². The molecule has 0 aliphatic heterocycles. The lowest BCUT2D eigenvalue weighted by Crippen LogP contribution is -2.17. The molecule has 0 spiro atoms. The maximum atomic E-state index is 12.9. The second-order valence-electron chi connectivity index (χ2n) is 2.58. The molecule has 0 aromatic heterocycles. The van der Waals surface area contributed by atoms with Gasteiger partial charge in [-0.15, -0.1) is 0 Å². The van der Waals surface area contributed by atoms with Crippen LogP contribution in [-0.4, -0.2) is 11.7 Å². The Morgan fingerprint density at radius 2 is 1.92 bits per heavy atom. The first-order valence-electron chi connectivity index (χ1n) is 3.57. The summed E-state index contributed by atoms with van der Waals surface area (Å²) in [5.74, 6) is -3.44. The van der Waals surface area contributed by atoms with Crippen LogP contribution in [0.15, 0.2) is 12.1 Å². The van der Waals surface area contributed by atoms with Gasteiger partial charge < -0.3 is 10.8 Å². The van der Waals surface area contributed by atoms with Crippen LogP contribution in [0.3, 0.4) is 0 Å². The molecule has 0 bridgehead atoms. The van der Waals surface area contributed by atoms with Crippen molar-refractivity contribution in [3.63, 3.8) is 0 Å². The van der Waals surface area contributed by atoms with Crippen molar-refractivity contribution in [3.8, 4) is 0 Å². The minimum atomic E-state index is -1.31. The zero-order valence-electron chi connectivity index (χ0n) is 6.60. The summed E-state index contributed by atoms with van der Waals surface area (Å²) in [5.41, 5.74) is 4.85. The summed E-state index contributed by atoms with van der Waals surface area (Å²) in [6, 6.07) is 0.0765. The molecule has 1 rings (SSSR count). The monoisotopic (exact) mass is 191 g/mol. The highest BCUT2D eigenvalue weighted by Gasteiger charge is 2.15. The lowest BCUT2D eigenvalue weighted by molar-refractivity contribution is 0.264. The van der Waals surface area contributed by atoms with E-state index in [1.807, 2.05) is 0 Å². The number of nitrogens with two attached hydrogens (primary N) is 1. The van der Waals surface area contributed by atoms with Crippen LogP contribution >= 0.6 is 0 Å². The average molecular weight is 191 g/mol. The number of rotatable bonds is 2. The third kappa shape index (κ3) is 1.99. The van der Waals surface area contributed by atoms with Crippen molar-refractivity contribution in [2.45, 2.75) is 6.04 Å². The Hall–Kier alpha value is -1.07. The average Bonchev–Trinajstić information content (AvgIpc) is 2.10. The van der Waals surface area contributed by atoms with E-state index in [9.17, 15) is 13.2 Å². The first-order chi connectivity index (χ1) is 6.06. The number of hydrogen-bond acceptors (Lipinski definition) is 2. The first kappa shape index (κ1) is 10.0. The van der Waals surface area contributed by atoms with Gasteiger partial charge in [-0.1, -0.05) is 0 Å². The molecule has 13 heavy (non-hydrogen) atoms. The van der Waals surface area contributed by atoms with Crippen molar-refractivity contribution in [2.75, 3.05) is 6.61 Å². The van der Waals surface area contributed by atoms with E-state index in [4.69, 9.17) is 10.8 Å². The molecule has 3 N–H and O–H groups in total. The van der Waals surface area contributed by atoms with Gasteiger partial charge in [0.2, 0.25) is 0 Å². The Morgan fingerprint density at radius 1 is 1.31 bits per heavy atom. The van der Waals surface area contributed by atoms with Gasteiger partial charge in [-0.3, -0.25) is 0 Å². The summed E-state index contributed by atoms with van der Waals surface area (Å²) in [6.07, 6.45) is 0. The molecular formula is C8H8F3NO. The van der Waals surface area contributed by atoms with E-state index >= 15 is 0 Å². The van der Waals surface area contributed by atoms with Crippen LogP contribution in [-0.2, 0) is 0 Å². The summed E-state index contributed by atoms with van der Waals surface area (Å²) in [6.45, 7) is -0.570. The highest BCUT2D eigenvalue weighted by Crippen LogP contribution is 2.19. The number of aliphatic hydroxyl groups is 1. The van der Waals surface area contributed by atoms with Crippen LogP contribution in [0.5, 0.6) is 0 Å². The lowest BCUT2D eigenvalue weighted by atomic mass is 10.1. The van der Waals surface area contributed by atoms with Gasteiger partial charge in [0.1, 0.15) is 5.82 Å². The fraction of sp³-hybridized carbons (Fsp3) is 0.250. The van der Waals surface area contributed by atoms with E-state index in [1.54, 1.807) is 0 Å². The summed E-state index contributed by atoms with van der Waals surface area (Å²) < 4.78 is 38.0. The SMILES string of the molecule is NC(CO)c1cc(F)cc(F)c1F. The molecule has 0 saturated heterocycles. The minimum Gasteiger partial charge on any atom is -0.394 e. The molecule has 0 aliphatic carbocycles. The second kappa shape index (κ2) is 3.76. The molecular weight excluding hydrogens is 183 g/mol. The molecule has 0 heterocycles. The normalized spacial score (nSPS) is 13.0. The van der Waals surface area contributed by atoms with Gasteiger partial charge in [0.15, 0.2) is 11.6 Å². The third-order valence-corrected chi connectivity index (χ3v) is 1.62. The Kier molecular flexibility index (Phi) is 2.90. The molecule has 0 radical (unpaired) electrons. The number of aliphatic hydroxyl groups excluding tert-OH is 1. The molecule has 2 nitrogen and oxygen atoms in total. The molecule has 0 aliphatic rings. The van der Waals surface area contributed by atoms with Gasteiger partial charge in [-0.05, 0) is 6.07 Å². The standard InChI is InChI=1S/C8H8F3NO/c9-4-1-5(7(12)3-13)8(11)6(10)2-4/h1-2,7,13H,3,12H2. The first-order valence-corrected chi connectivity index (χ1v) is 3.57. The predicted molar refractivity (Wildman–Crippen MR) is 40.3 cm³/mol. The maximum Gasteiger partial charge on any atom is 0.163 e. The predicted octanol–water partition coefficient (Wildman–Crippen LogP) is 1.10. The quantitative estimate of drug-likeness (QED) is 0.687. The van der Waals surface area contributed by atoms with E-state index in [-0.39, 0.29) is 5.56 Å². The van der Waals surface area contributed by atoms with Crippen LogP contribution in [0.4, 0.5) is 13.2 Å². The van der Waals surface area contributed by atoms with Crippen molar-refractivity contribution in [3.05, 3.63) is 35.1 Å². The molecule has 1 aromatic carbocycles. The Bertz CT molecular complexity index is 317. The van der Waals surface area contributed by atoms with Crippen molar-refractivity contribution in [1.29, 1.82) is 0 Å². The fourth-order valence-electron chi connectivity index (χ4n) is 0.944. The largest absolute Gasteiger partial charge is 0.394 e. The molecule has 5 heteroatoms. The molecule has 1 aromatic rings. The fourth-order valence-corrected chi connectivity index (χ4v) is 0.944. The van der Waals surface area contributed by atoms with Crippen LogP contribution in [0.2, 0.25) is 0 Å². The highest BCUT2D eigenvalue weighted by molar-refractivity contribution is 5.23. The van der Waals surface area contributed by atoms with Crippen LogP contribution in [0.1, 0.15) is 11.6 Å². The van der Waals surface area contributed by atoms with Gasteiger partial charge in [0.25, 0.3) is 0 Å². The van der Waals surface area contributed by atoms with Gasteiger partial charge in [0, 0.05) is 11.6 Å². The number of hydrogen-bond donors (Lipinski definition) is 2. The second-order valence-corrected chi connectivity index (χ2v) is 2.58. The summed E-state index contributed by atoms with van der Waals surface area (Å²) in [4.78, 5) is 0. The van der Waals surface area contributed by atoms with E-state index in [1.165, 1.54) is 0 Å². The van der Waals surface area contributed by atoms with Gasteiger partial charge in [0.05, 0.1) is 12.6 Å². The van der Waals surface area contributed by atoms with Gasteiger partial charge in [-0.25, -0.2) is 13.2 Å². The molecule has 0 saturated carbocycles. The smallest absolute Gasteiger partial charge is 0.163 e. The molecule has 0 amide bonds.